The van der Waals surface area contributed by atoms with Crippen molar-refractivity contribution in [1.82, 2.24) is 0 Å². The zero-order valence-electron chi connectivity index (χ0n) is 45.5. The second-order valence-corrected chi connectivity index (χ2v) is 24.1. The second-order valence-electron chi connectivity index (χ2n) is 21.8. The van der Waals surface area contributed by atoms with Gasteiger partial charge in [0.1, 0.15) is 0 Å². The third-order valence-corrected chi connectivity index (χ3v) is 19.7. The number of anilines is 6. The molecule has 0 N–H and O–H groups in total. The molecule has 394 valence electrons. The third-order valence-electron chi connectivity index (χ3n) is 17.3. The Morgan fingerprint density at radius 3 is 0.976 bits per heavy atom. The number of hydrogen-bond donors (Lipinski definition) is 0. The molecule has 0 saturated heterocycles. The van der Waals surface area contributed by atoms with Crippen LogP contribution >= 0.6 is 0 Å². The summed E-state index contributed by atoms with van der Waals surface area (Å²) >= 11 is 0.0174. The molecule has 0 atom stereocenters. The van der Waals surface area contributed by atoms with Gasteiger partial charge in [-0.1, -0.05) is 91.0 Å². The van der Waals surface area contributed by atoms with Crippen molar-refractivity contribution in [3.8, 4) is 44.5 Å². The Morgan fingerprint density at radius 2 is 0.583 bits per heavy atom. The molecule has 0 fully saturated rings. The summed E-state index contributed by atoms with van der Waals surface area (Å²) in [4.78, 5) is 4.91. The van der Waals surface area contributed by atoms with Gasteiger partial charge in [-0.25, -0.2) is 0 Å². The van der Waals surface area contributed by atoms with E-state index < -0.39 is 5.41 Å². The largest absolute Gasteiger partial charge is 0.0617 e. The first-order valence-electron chi connectivity index (χ1n) is 28.6. The summed E-state index contributed by atoms with van der Waals surface area (Å²) < 4.78 is 17.8. The average Bonchev–Trinajstić information content (AvgIpc) is 1.59. The van der Waals surface area contributed by atoms with Gasteiger partial charge in [0.2, 0.25) is 0 Å². The number of furan rings is 2. The van der Waals surface area contributed by atoms with Gasteiger partial charge in [-0.2, -0.15) is 0 Å². The molecule has 0 amide bonds. The first kappa shape index (κ1) is 48.3. The molecular formula is C79H50N2O2Se. The third kappa shape index (κ3) is 7.40. The minimum absolute atomic E-state index is 0.0174. The minimum atomic E-state index is -0.846. The smallest absolute Gasteiger partial charge is 0.0544 e. The summed E-state index contributed by atoms with van der Waals surface area (Å²) in [6.45, 7) is 0. The van der Waals surface area contributed by atoms with Crippen molar-refractivity contribution in [1.29, 1.82) is 0 Å². The van der Waals surface area contributed by atoms with Crippen LogP contribution in [0.25, 0.3) is 88.4 Å². The number of rotatable bonds is 9. The Morgan fingerprint density at radius 1 is 0.274 bits per heavy atom. The maximum atomic E-state index is 7.59. The van der Waals surface area contributed by atoms with E-state index in [4.69, 9.17) is 8.83 Å². The van der Waals surface area contributed by atoms with Gasteiger partial charge < -0.3 is 0 Å². The molecule has 0 radical (unpaired) electrons. The van der Waals surface area contributed by atoms with Crippen molar-refractivity contribution < 1.29 is 8.83 Å². The van der Waals surface area contributed by atoms with Gasteiger partial charge in [-0.3, -0.25) is 0 Å². The molecule has 0 unspecified atom stereocenters. The monoisotopic (exact) mass is 1140 g/mol. The van der Waals surface area contributed by atoms with Crippen molar-refractivity contribution in [2.24, 2.45) is 0 Å². The quantitative estimate of drug-likeness (QED) is 0.135. The topological polar surface area (TPSA) is 32.8 Å². The van der Waals surface area contributed by atoms with E-state index in [0.717, 1.165) is 117 Å². The maximum Gasteiger partial charge on any atom is -0.0544 e. The van der Waals surface area contributed by atoms with E-state index in [9.17, 15) is 0 Å². The Bertz CT molecular complexity index is 4890. The van der Waals surface area contributed by atoms with E-state index in [0.29, 0.717) is 0 Å². The Balaban J connectivity index is 1.01. The summed E-state index contributed by atoms with van der Waals surface area (Å²) in [5, 5.41) is 4.16. The molecule has 1 spiro atoms. The Kier molecular flexibility index (Phi) is 11.1. The SMILES string of the molecule is c1ccc(-c2ccc(N(c3ccccc3)c3cc4c(c5oc6ccccc6c35)-c3c(cc(N(c5ccc(-c6ccccc6)cc5)c5ccc(-c6ccccc6)cc5)c5c3oc3ccccc35)C43c4ccccc4[Se]c4ccccc43)cc2)cc1. The minimum Gasteiger partial charge on any atom is -0.0617 e. The molecule has 15 aromatic rings. The summed E-state index contributed by atoms with van der Waals surface area (Å²) in [5.74, 6) is 0. The zero-order chi connectivity index (χ0) is 55.3. The number of para-hydroxylation sites is 3. The summed E-state index contributed by atoms with van der Waals surface area (Å²) in [6.07, 6.45) is 0. The predicted octanol–water partition coefficient (Wildman–Crippen LogP) is 19.8. The molecule has 2 aliphatic rings. The summed E-state index contributed by atoms with van der Waals surface area (Å²) in [6, 6.07) is 111. The number of hydrogen-bond acceptors (Lipinski definition) is 4. The first-order valence-corrected chi connectivity index (χ1v) is 30.4. The van der Waals surface area contributed by atoms with Crippen LogP contribution in [0.1, 0.15) is 22.3 Å². The van der Waals surface area contributed by atoms with Crippen LogP contribution in [0, 0.1) is 0 Å². The molecule has 13 aromatic carbocycles. The number of benzene rings is 13. The Hall–Kier alpha value is -10.4. The van der Waals surface area contributed by atoms with Crippen LogP contribution in [0.4, 0.5) is 34.1 Å². The van der Waals surface area contributed by atoms with Gasteiger partial charge in [0.25, 0.3) is 0 Å². The number of fused-ring (bicyclic) bond motifs is 17. The van der Waals surface area contributed by atoms with E-state index in [1.54, 1.807) is 0 Å². The van der Waals surface area contributed by atoms with Crippen LogP contribution in [0.5, 0.6) is 0 Å². The van der Waals surface area contributed by atoms with Crippen LogP contribution in [0.2, 0.25) is 0 Å². The maximum absolute atomic E-state index is 7.59. The predicted molar refractivity (Wildman–Crippen MR) is 349 cm³/mol. The molecule has 17 rings (SSSR count). The van der Waals surface area contributed by atoms with Gasteiger partial charge in [0.15, 0.2) is 0 Å². The van der Waals surface area contributed by atoms with Crippen molar-refractivity contribution in [3.05, 3.63) is 326 Å². The molecule has 0 saturated carbocycles. The van der Waals surface area contributed by atoms with Gasteiger partial charge in [-0.15, -0.1) is 0 Å². The van der Waals surface area contributed by atoms with Crippen molar-refractivity contribution >= 4 is 102 Å². The van der Waals surface area contributed by atoms with Crippen molar-refractivity contribution in [2.45, 2.75) is 5.41 Å². The van der Waals surface area contributed by atoms with E-state index >= 15 is 0 Å². The molecule has 1 aliphatic carbocycles. The van der Waals surface area contributed by atoms with Gasteiger partial charge in [-0.05, 0) is 0 Å². The van der Waals surface area contributed by atoms with E-state index in [1.807, 2.05) is 0 Å². The van der Waals surface area contributed by atoms with Gasteiger partial charge in [0.05, 0.1) is 0 Å². The van der Waals surface area contributed by atoms with Crippen LogP contribution in [-0.2, 0) is 5.41 Å². The standard InChI is InChI=1S/C79H50N2O2Se/c1-5-21-51(22-6-1)54-37-43-58(44-38-54)80(57-27-11-4-12-28-57)67-49-65-75(77-73(67)61-29-13-17-33-69(61)82-77)76-66(79(65)63-31-15-19-35-71(63)84-72-36-20-16-32-64(72)79)50-68(74-62-30-14-18-34-70(62)83-78(74)76)81(59-45-39-55(40-46-59)52-23-7-2-8-24-52)60-47-41-56(42-48-60)53-25-9-3-10-26-53/h1-50H. The van der Waals surface area contributed by atoms with Crippen molar-refractivity contribution in [2.75, 3.05) is 9.80 Å². The van der Waals surface area contributed by atoms with Crippen molar-refractivity contribution in [3.63, 3.8) is 0 Å². The van der Waals surface area contributed by atoms with Crippen LogP contribution in [0.15, 0.2) is 312 Å². The van der Waals surface area contributed by atoms with Crippen LogP contribution in [0.3, 0.4) is 0 Å². The molecule has 5 heteroatoms. The van der Waals surface area contributed by atoms with Gasteiger partial charge in [0, 0.05) is 0 Å². The molecule has 3 heterocycles. The fourth-order valence-electron chi connectivity index (χ4n) is 13.7. The number of nitrogens with zero attached hydrogens (tertiary/aromatic N) is 2. The normalized spacial score (nSPS) is 12.8. The first-order chi connectivity index (χ1) is 41.7. The average molecular weight is 1140 g/mol. The fourth-order valence-corrected chi connectivity index (χ4v) is 16.2. The molecular weight excluding hydrogens is 1090 g/mol. The summed E-state index contributed by atoms with van der Waals surface area (Å²) in [7, 11) is 0. The van der Waals surface area contributed by atoms with Gasteiger partial charge >= 0.3 is 405 Å². The van der Waals surface area contributed by atoms with E-state index in [2.05, 4.69) is 313 Å². The fraction of sp³-hybridized carbons (Fsp3) is 0.0127. The molecule has 4 nitrogen and oxygen atoms in total. The van der Waals surface area contributed by atoms with E-state index in [-0.39, 0.29) is 15.0 Å². The van der Waals surface area contributed by atoms with Crippen LogP contribution in [-0.4, -0.2) is 15.0 Å². The molecule has 0 bridgehead atoms. The Labute approximate surface area is 492 Å². The molecule has 2 aromatic heterocycles. The molecule has 84 heavy (non-hydrogen) atoms. The van der Waals surface area contributed by atoms with Crippen LogP contribution < -0.4 is 18.7 Å². The second kappa shape index (κ2) is 19.4. The summed E-state index contributed by atoms with van der Waals surface area (Å²) in [5.41, 5.74) is 22.6. The van der Waals surface area contributed by atoms with E-state index in [1.165, 1.54) is 36.7 Å². The zero-order valence-corrected chi connectivity index (χ0v) is 47.2. The molecule has 1 aliphatic heterocycles.